The molecule has 0 aliphatic carbocycles. The Morgan fingerprint density at radius 1 is 1.04 bits per heavy atom. The summed E-state index contributed by atoms with van der Waals surface area (Å²) >= 11 is 0. The Kier molecular flexibility index (Phi) is 3.76. The van der Waals surface area contributed by atoms with Gasteiger partial charge in [0.05, 0.1) is 5.69 Å². The van der Waals surface area contributed by atoms with E-state index in [-0.39, 0.29) is 5.91 Å². The van der Waals surface area contributed by atoms with Crippen LogP contribution < -0.4 is 0 Å². The minimum Gasteiger partial charge on any atom is -0.337 e. The van der Waals surface area contributed by atoms with Gasteiger partial charge in [0.2, 0.25) is 0 Å². The molecule has 24 heavy (non-hydrogen) atoms. The van der Waals surface area contributed by atoms with Gasteiger partial charge in [0, 0.05) is 30.4 Å². The summed E-state index contributed by atoms with van der Waals surface area (Å²) in [6.07, 6.45) is 3.36. The summed E-state index contributed by atoms with van der Waals surface area (Å²) in [7, 11) is 0. The van der Waals surface area contributed by atoms with E-state index >= 15 is 0 Å². The summed E-state index contributed by atoms with van der Waals surface area (Å²) in [5.74, 6) is 0.0490. The molecule has 1 aliphatic heterocycles. The third-order valence-corrected chi connectivity index (χ3v) is 4.49. The van der Waals surface area contributed by atoms with Crippen molar-refractivity contribution in [3.63, 3.8) is 0 Å². The van der Waals surface area contributed by atoms with Crippen molar-refractivity contribution in [1.82, 2.24) is 19.5 Å². The Morgan fingerprint density at radius 2 is 1.79 bits per heavy atom. The van der Waals surface area contributed by atoms with Crippen molar-refractivity contribution in [3.05, 3.63) is 53.9 Å². The van der Waals surface area contributed by atoms with Gasteiger partial charge < -0.3 is 4.90 Å². The molecule has 1 aromatic carbocycles. The molecule has 0 bridgehead atoms. The monoisotopic (exact) mass is 320 g/mol. The first-order valence-electron chi connectivity index (χ1n) is 8.44. The van der Waals surface area contributed by atoms with Gasteiger partial charge in [-0.3, -0.25) is 4.79 Å². The minimum atomic E-state index is 0.0490. The Labute approximate surface area is 140 Å². The molecule has 1 fully saturated rings. The molecule has 0 spiro atoms. The van der Waals surface area contributed by atoms with E-state index in [1.807, 2.05) is 54.3 Å². The summed E-state index contributed by atoms with van der Waals surface area (Å²) in [4.78, 5) is 19.4. The lowest BCUT2D eigenvalue weighted by Gasteiger charge is -2.26. The van der Waals surface area contributed by atoms with E-state index in [0.29, 0.717) is 11.3 Å². The predicted octanol–water partition coefficient (Wildman–Crippen LogP) is 3.33. The van der Waals surface area contributed by atoms with Crippen LogP contribution in [0.5, 0.6) is 0 Å². The Morgan fingerprint density at radius 3 is 2.54 bits per heavy atom. The summed E-state index contributed by atoms with van der Waals surface area (Å²) < 4.78 is 1.69. The lowest BCUT2D eigenvalue weighted by Crippen LogP contribution is -2.36. The van der Waals surface area contributed by atoms with Crippen LogP contribution in [0.25, 0.3) is 16.9 Å². The van der Waals surface area contributed by atoms with Gasteiger partial charge in [-0.25, -0.2) is 9.50 Å². The summed E-state index contributed by atoms with van der Waals surface area (Å²) in [5.41, 5.74) is 4.01. The second-order valence-corrected chi connectivity index (χ2v) is 6.30. The van der Waals surface area contributed by atoms with Crippen molar-refractivity contribution in [2.24, 2.45) is 0 Å². The second kappa shape index (κ2) is 6.07. The fourth-order valence-corrected chi connectivity index (χ4v) is 3.26. The normalized spacial score (nSPS) is 15.0. The quantitative estimate of drug-likeness (QED) is 0.728. The standard InChI is InChI=1S/C19H20N4O/c1-14-12-17(19(24)22-10-6-3-7-11-22)23-18(20-14)13-16(21-23)15-8-4-2-5-9-15/h2,4-5,8-9,12-13H,3,6-7,10-11H2,1H3. The number of likely N-dealkylation sites (tertiary alicyclic amines) is 1. The molecule has 5 nitrogen and oxygen atoms in total. The number of hydrogen-bond donors (Lipinski definition) is 0. The molecule has 2 aromatic heterocycles. The zero-order chi connectivity index (χ0) is 16.5. The number of amides is 1. The Bertz CT molecular complexity index is 879. The summed E-state index contributed by atoms with van der Waals surface area (Å²) in [6.45, 7) is 3.57. The summed E-state index contributed by atoms with van der Waals surface area (Å²) in [6, 6.07) is 13.8. The SMILES string of the molecule is Cc1cc(C(=O)N2CCCCC2)n2nc(-c3ccccc3)cc2n1. The minimum absolute atomic E-state index is 0.0490. The molecule has 1 saturated heterocycles. The van der Waals surface area contributed by atoms with Crippen LogP contribution in [0.3, 0.4) is 0 Å². The van der Waals surface area contributed by atoms with E-state index in [0.717, 1.165) is 42.9 Å². The van der Waals surface area contributed by atoms with E-state index in [1.54, 1.807) is 4.52 Å². The van der Waals surface area contributed by atoms with Gasteiger partial charge >= 0.3 is 0 Å². The van der Waals surface area contributed by atoms with Crippen LogP contribution in [0.4, 0.5) is 0 Å². The van der Waals surface area contributed by atoms with Crippen LogP contribution in [0.2, 0.25) is 0 Å². The number of aryl methyl sites for hydroxylation is 1. The van der Waals surface area contributed by atoms with Crippen molar-refractivity contribution in [3.8, 4) is 11.3 Å². The van der Waals surface area contributed by atoms with Gasteiger partial charge in [-0.2, -0.15) is 5.10 Å². The van der Waals surface area contributed by atoms with Crippen LogP contribution in [0, 0.1) is 6.92 Å². The zero-order valence-corrected chi connectivity index (χ0v) is 13.8. The van der Waals surface area contributed by atoms with E-state index in [2.05, 4.69) is 10.1 Å². The Balaban J connectivity index is 1.80. The van der Waals surface area contributed by atoms with Gasteiger partial charge in [-0.15, -0.1) is 0 Å². The van der Waals surface area contributed by atoms with Gasteiger partial charge in [0.25, 0.3) is 5.91 Å². The van der Waals surface area contributed by atoms with Gasteiger partial charge in [0.1, 0.15) is 5.69 Å². The molecule has 0 unspecified atom stereocenters. The molecule has 5 heteroatoms. The van der Waals surface area contributed by atoms with Crippen LogP contribution >= 0.6 is 0 Å². The van der Waals surface area contributed by atoms with Crippen molar-refractivity contribution >= 4 is 11.6 Å². The van der Waals surface area contributed by atoms with Crippen molar-refractivity contribution < 1.29 is 4.79 Å². The highest BCUT2D eigenvalue weighted by atomic mass is 16.2. The highest BCUT2D eigenvalue weighted by Gasteiger charge is 2.22. The molecule has 0 atom stereocenters. The topological polar surface area (TPSA) is 50.5 Å². The number of rotatable bonds is 2. The number of aromatic nitrogens is 3. The number of nitrogens with zero attached hydrogens (tertiary/aromatic N) is 4. The molecule has 0 N–H and O–H groups in total. The third kappa shape index (κ3) is 2.66. The zero-order valence-electron chi connectivity index (χ0n) is 13.8. The first-order chi connectivity index (χ1) is 11.7. The van der Waals surface area contributed by atoms with E-state index < -0.39 is 0 Å². The van der Waals surface area contributed by atoms with Gasteiger partial charge in [-0.1, -0.05) is 30.3 Å². The highest BCUT2D eigenvalue weighted by molar-refractivity contribution is 5.93. The van der Waals surface area contributed by atoms with Crippen LogP contribution in [0.15, 0.2) is 42.5 Å². The first-order valence-corrected chi connectivity index (χ1v) is 8.44. The average Bonchev–Trinajstić information content (AvgIpc) is 3.06. The first kappa shape index (κ1) is 14.9. The molecule has 3 heterocycles. The van der Waals surface area contributed by atoms with Crippen molar-refractivity contribution in [2.75, 3.05) is 13.1 Å². The van der Waals surface area contributed by atoms with E-state index in [9.17, 15) is 4.79 Å². The molecule has 1 aliphatic rings. The smallest absolute Gasteiger partial charge is 0.272 e. The van der Waals surface area contributed by atoms with E-state index in [4.69, 9.17) is 0 Å². The van der Waals surface area contributed by atoms with Gasteiger partial charge in [0.15, 0.2) is 5.65 Å². The maximum atomic E-state index is 12.9. The molecule has 122 valence electrons. The van der Waals surface area contributed by atoms with Gasteiger partial charge in [-0.05, 0) is 32.3 Å². The number of carbonyl (C=O) groups is 1. The fourth-order valence-electron chi connectivity index (χ4n) is 3.26. The molecule has 3 aromatic rings. The molecule has 0 saturated carbocycles. The number of hydrogen-bond acceptors (Lipinski definition) is 3. The largest absolute Gasteiger partial charge is 0.337 e. The number of piperidine rings is 1. The van der Waals surface area contributed by atoms with Crippen LogP contribution in [-0.4, -0.2) is 38.5 Å². The van der Waals surface area contributed by atoms with Crippen molar-refractivity contribution in [2.45, 2.75) is 26.2 Å². The van der Waals surface area contributed by atoms with Crippen LogP contribution in [-0.2, 0) is 0 Å². The molecule has 1 amide bonds. The Hall–Kier alpha value is -2.69. The number of carbonyl (C=O) groups excluding carboxylic acids is 1. The maximum absolute atomic E-state index is 12.9. The summed E-state index contributed by atoms with van der Waals surface area (Å²) in [5, 5.41) is 4.65. The fraction of sp³-hybridized carbons (Fsp3) is 0.316. The van der Waals surface area contributed by atoms with Crippen LogP contribution in [0.1, 0.15) is 35.4 Å². The number of benzene rings is 1. The molecular weight excluding hydrogens is 300 g/mol. The average molecular weight is 320 g/mol. The maximum Gasteiger partial charge on any atom is 0.272 e. The third-order valence-electron chi connectivity index (χ3n) is 4.49. The predicted molar refractivity (Wildman–Crippen MR) is 92.9 cm³/mol. The highest BCUT2D eigenvalue weighted by Crippen LogP contribution is 2.21. The molecule has 0 radical (unpaired) electrons. The molecular formula is C19H20N4O. The number of fused-ring (bicyclic) bond motifs is 1. The lowest BCUT2D eigenvalue weighted by atomic mass is 10.1. The second-order valence-electron chi connectivity index (χ2n) is 6.30. The van der Waals surface area contributed by atoms with E-state index in [1.165, 1.54) is 6.42 Å². The molecule has 4 rings (SSSR count). The lowest BCUT2D eigenvalue weighted by molar-refractivity contribution is 0.0715. The van der Waals surface area contributed by atoms with Crippen molar-refractivity contribution in [1.29, 1.82) is 0 Å².